The molecule has 0 aromatic rings. The molecule has 0 atom stereocenters. The molecule has 1 aliphatic heterocycles. The predicted molar refractivity (Wildman–Crippen MR) is 62.8 cm³/mol. The highest BCUT2D eigenvalue weighted by Gasteiger charge is 2.14. The summed E-state index contributed by atoms with van der Waals surface area (Å²) in [6, 6.07) is 0. The van der Waals surface area contributed by atoms with Crippen molar-refractivity contribution in [1.82, 2.24) is 10.2 Å². The number of carbonyl (C=O) groups is 1. The Kier molecular flexibility index (Phi) is 6.41. The fourth-order valence-corrected chi connectivity index (χ4v) is 1.97. The third-order valence-electron chi connectivity index (χ3n) is 2.94. The van der Waals surface area contributed by atoms with Crippen molar-refractivity contribution < 1.29 is 4.79 Å². The summed E-state index contributed by atoms with van der Waals surface area (Å²) in [5.41, 5.74) is 0. The summed E-state index contributed by atoms with van der Waals surface area (Å²) in [5, 5.41) is 3.15. The monoisotopic (exact) mass is 212 g/mol. The van der Waals surface area contributed by atoms with Crippen LogP contribution in [0.1, 0.15) is 45.4 Å². The number of nitrogens with zero attached hydrogens (tertiary/aromatic N) is 1. The summed E-state index contributed by atoms with van der Waals surface area (Å²) in [4.78, 5) is 13.6. The average Bonchev–Trinajstić information content (AvgIpc) is 2.44. The summed E-state index contributed by atoms with van der Waals surface area (Å²) in [6.07, 6.45) is 7.47. The Morgan fingerprint density at radius 1 is 1.27 bits per heavy atom. The van der Waals surface area contributed by atoms with Gasteiger partial charge in [0.05, 0.1) is 6.54 Å². The number of hydrogen-bond donors (Lipinski definition) is 1. The SMILES string of the molecule is CCCCCCCN1CCCNCC1=O. The zero-order valence-electron chi connectivity index (χ0n) is 9.93. The zero-order chi connectivity index (χ0) is 10.9. The fourth-order valence-electron chi connectivity index (χ4n) is 1.97. The van der Waals surface area contributed by atoms with E-state index < -0.39 is 0 Å². The highest BCUT2D eigenvalue weighted by Crippen LogP contribution is 2.05. The third kappa shape index (κ3) is 5.17. The lowest BCUT2D eigenvalue weighted by molar-refractivity contribution is -0.129. The lowest BCUT2D eigenvalue weighted by atomic mass is 10.1. The molecule has 88 valence electrons. The minimum Gasteiger partial charge on any atom is -0.342 e. The Hall–Kier alpha value is -0.570. The quantitative estimate of drug-likeness (QED) is 0.681. The van der Waals surface area contributed by atoms with E-state index in [9.17, 15) is 4.79 Å². The first-order valence-corrected chi connectivity index (χ1v) is 6.33. The smallest absolute Gasteiger partial charge is 0.236 e. The van der Waals surface area contributed by atoms with Crippen LogP contribution in [0.3, 0.4) is 0 Å². The van der Waals surface area contributed by atoms with Gasteiger partial charge in [-0.15, -0.1) is 0 Å². The molecule has 3 heteroatoms. The van der Waals surface area contributed by atoms with Crippen LogP contribution in [-0.2, 0) is 4.79 Å². The zero-order valence-corrected chi connectivity index (χ0v) is 9.93. The second-order valence-electron chi connectivity index (χ2n) is 4.33. The Morgan fingerprint density at radius 2 is 2.07 bits per heavy atom. The standard InChI is InChI=1S/C12H24N2O/c1-2-3-4-5-6-9-14-10-7-8-13-11-12(14)15/h13H,2-11H2,1H3. The van der Waals surface area contributed by atoms with Crippen molar-refractivity contribution in [2.45, 2.75) is 45.4 Å². The molecule has 0 saturated carbocycles. The first-order chi connectivity index (χ1) is 7.34. The minimum absolute atomic E-state index is 0.281. The molecular formula is C12H24N2O. The Balaban J connectivity index is 2.10. The van der Waals surface area contributed by atoms with E-state index in [-0.39, 0.29) is 5.91 Å². The predicted octanol–water partition coefficient (Wildman–Crippen LogP) is 1.78. The first-order valence-electron chi connectivity index (χ1n) is 6.33. The van der Waals surface area contributed by atoms with E-state index in [0.29, 0.717) is 6.54 Å². The molecule has 0 aromatic carbocycles. The minimum atomic E-state index is 0.281. The van der Waals surface area contributed by atoms with Gasteiger partial charge in [0, 0.05) is 13.1 Å². The molecule has 1 fully saturated rings. The maximum atomic E-state index is 11.6. The van der Waals surface area contributed by atoms with Crippen LogP contribution >= 0.6 is 0 Å². The number of carbonyl (C=O) groups excluding carboxylic acids is 1. The van der Waals surface area contributed by atoms with E-state index in [1.165, 1.54) is 32.1 Å². The second kappa shape index (κ2) is 7.69. The summed E-state index contributed by atoms with van der Waals surface area (Å²) >= 11 is 0. The van der Waals surface area contributed by atoms with Gasteiger partial charge in [-0.2, -0.15) is 0 Å². The highest BCUT2D eigenvalue weighted by atomic mass is 16.2. The van der Waals surface area contributed by atoms with Gasteiger partial charge in [-0.25, -0.2) is 0 Å². The largest absolute Gasteiger partial charge is 0.342 e. The van der Waals surface area contributed by atoms with Crippen LogP contribution in [0, 0.1) is 0 Å². The molecule has 1 saturated heterocycles. The van der Waals surface area contributed by atoms with Crippen LogP contribution in [0.15, 0.2) is 0 Å². The molecule has 0 radical (unpaired) electrons. The van der Waals surface area contributed by atoms with Crippen LogP contribution in [0.5, 0.6) is 0 Å². The van der Waals surface area contributed by atoms with Gasteiger partial charge in [-0.3, -0.25) is 4.79 Å². The Bertz CT molecular complexity index is 182. The van der Waals surface area contributed by atoms with Gasteiger partial charge < -0.3 is 10.2 Å². The van der Waals surface area contributed by atoms with Crippen LogP contribution in [0.4, 0.5) is 0 Å². The van der Waals surface area contributed by atoms with E-state index in [1.54, 1.807) is 0 Å². The van der Waals surface area contributed by atoms with Crippen LogP contribution in [0.25, 0.3) is 0 Å². The molecule has 1 N–H and O–H groups in total. The highest BCUT2D eigenvalue weighted by molar-refractivity contribution is 5.78. The molecule has 0 unspecified atom stereocenters. The van der Waals surface area contributed by atoms with E-state index in [1.807, 2.05) is 4.90 Å². The summed E-state index contributed by atoms with van der Waals surface area (Å²) in [6.45, 7) is 5.65. The molecule has 1 aliphatic rings. The van der Waals surface area contributed by atoms with Gasteiger partial charge in [0.1, 0.15) is 0 Å². The lowest BCUT2D eigenvalue weighted by Gasteiger charge is -2.19. The molecular weight excluding hydrogens is 188 g/mol. The first kappa shape index (κ1) is 12.5. The van der Waals surface area contributed by atoms with E-state index in [2.05, 4.69) is 12.2 Å². The van der Waals surface area contributed by atoms with Crippen molar-refractivity contribution in [2.24, 2.45) is 0 Å². The number of amides is 1. The Labute approximate surface area is 93.2 Å². The molecule has 0 aliphatic carbocycles. The maximum absolute atomic E-state index is 11.6. The molecule has 1 amide bonds. The number of unbranched alkanes of at least 4 members (excludes halogenated alkanes) is 4. The van der Waals surface area contributed by atoms with Gasteiger partial charge in [-0.1, -0.05) is 32.6 Å². The van der Waals surface area contributed by atoms with Crippen molar-refractivity contribution in [3.63, 3.8) is 0 Å². The number of nitrogens with one attached hydrogen (secondary N) is 1. The normalized spacial score (nSPS) is 17.9. The lowest BCUT2D eigenvalue weighted by Crippen LogP contribution is -2.35. The Morgan fingerprint density at radius 3 is 2.87 bits per heavy atom. The van der Waals surface area contributed by atoms with Crippen molar-refractivity contribution >= 4 is 5.91 Å². The maximum Gasteiger partial charge on any atom is 0.236 e. The molecule has 3 nitrogen and oxygen atoms in total. The second-order valence-corrected chi connectivity index (χ2v) is 4.33. The number of hydrogen-bond acceptors (Lipinski definition) is 2. The molecule has 1 rings (SSSR count). The topological polar surface area (TPSA) is 32.3 Å². The van der Waals surface area contributed by atoms with Crippen molar-refractivity contribution in [1.29, 1.82) is 0 Å². The van der Waals surface area contributed by atoms with Crippen molar-refractivity contribution in [3.05, 3.63) is 0 Å². The number of rotatable bonds is 6. The molecule has 1 heterocycles. The summed E-state index contributed by atoms with van der Waals surface area (Å²) in [7, 11) is 0. The van der Waals surface area contributed by atoms with Crippen LogP contribution in [-0.4, -0.2) is 37.0 Å². The van der Waals surface area contributed by atoms with E-state index in [0.717, 1.165) is 26.1 Å². The van der Waals surface area contributed by atoms with Gasteiger partial charge in [-0.05, 0) is 19.4 Å². The van der Waals surface area contributed by atoms with Gasteiger partial charge in [0.25, 0.3) is 0 Å². The summed E-state index contributed by atoms with van der Waals surface area (Å²) in [5.74, 6) is 0.281. The van der Waals surface area contributed by atoms with Crippen molar-refractivity contribution in [3.8, 4) is 0 Å². The molecule has 15 heavy (non-hydrogen) atoms. The van der Waals surface area contributed by atoms with E-state index >= 15 is 0 Å². The van der Waals surface area contributed by atoms with Gasteiger partial charge in [0.2, 0.25) is 5.91 Å². The van der Waals surface area contributed by atoms with E-state index in [4.69, 9.17) is 0 Å². The fraction of sp³-hybridized carbons (Fsp3) is 0.917. The van der Waals surface area contributed by atoms with Gasteiger partial charge >= 0.3 is 0 Å². The van der Waals surface area contributed by atoms with Crippen LogP contribution < -0.4 is 5.32 Å². The van der Waals surface area contributed by atoms with Gasteiger partial charge in [0.15, 0.2) is 0 Å². The molecule has 0 bridgehead atoms. The molecule has 0 aromatic heterocycles. The summed E-state index contributed by atoms with van der Waals surface area (Å²) < 4.78 is 0. The molecule has 0 spiro atoms. The van der Waals surface area contributed by atoms with Crippen LogP contribution in [0.2, 0.25) is 0 Å². The third-order valence-corrected chi connectivity index (χ3v) is 2.94. The van der Waals surface area contributed by atoms with Crippen molar-refractivity contribution in [2.75, 3.05) is 26.2 Å². The average molecular weight is 212 g/mol.